The number of amides is 1. The molecule has 0 aromatic carbocycles. The second-order valence-electron chi connectivity index (χ2n) is 4.68. The average molecular weight is 305 g/mol. The minimum absolute atomic E-state index is 0.197. The molecule has 0 spiro atoms. The highest BCUT2D eigenvalue weighted by molar-refractivity contribution is 6.31. The lowest BCUT2D eigenvalue weighted by Gasteiger charge is -2.16. The van der Waals surface area contributed by atoms with Gasteiger partial charge in [-0.3, -0.25) is 9.48 Å². The smallest absolute Gasteiger partial charge is 0.274 e. The first kappa shape index (κ1) is 13.6. The normalized spacial score (nSPS) is 11.0. The summed E-state index contributed by atoms with van der Waals surface area (Å²) in [6.07, 6.45) is 4.96. The van der Waals surface area contributed by atoms with Crippen molar-refractivity contribution in [2.24, 2.45) is 7.05 Å². The molecule has 21 heavy (non-hydrogen) atoms. The van der Waals surface area contributed by atoms with Crippen LogP contribution in [-0.4, -0.2) is 42.2 Å². The van der Waals surface area contributed by atoms with Crippen molar-refractivity contribution in [3.8, 4) is 0 Å². The molecule has 0 saturated carbocycles. The van der Waals surface area contributed by atoms with E-state index in [1.54, 1.807) is 58.9 Å². The Hall–Kier alpha value is -2.41. The molecule has 0 bridgehead atoms. The van der Waals surface area contributed by atoms with Gasteiger partial charge in [-0.25, -0.2) is 9.50 Å². The van der Waals surface area contributed by atoms with Crippen LogP contribution in [0.4, 0.5) is 0 Å². The van der Waals surface area contributed by atoms with Crippen molar-refractivity contribution in [2.75, 3.05) is 7.05 Å². The summed E-state index contributed by atoms with van der Waals surface area (Å²) in [5, 5.41) is 8.80. The number of hydrogen-bond acceptors (Lipinski definition) is 4. The van der Waals surface area contributed by atoms with Crippen molar-refractivity contribution >= 4 is 23.2 Å². The van der Waals surface area contributed by atoms with Crippen LogP contribution in [0.2, 0.25) is 5.02 Å². The molecule has 0 aliphatic heterocycles. The standard InChI is InChI=1S/C13H13ClN6O/c1-18(8-11-9(14)7-16-19(11)2)13(21)10-6-12-15-4-3-5-20(12)17-10/h3-7H,8H2,1-2H3. The zero-order valence-corrected chi connectivity index (χ0v) is 12.3. The minimum Gasteiger partial charge on any atom is -0.334 e. The van der Waals surface area contributed by atoms with Crippen LogP contribution in [0.1, 0.15) is 16.2 Å². The fraction of sp³-hybridized carbons (Fsp3) is 0.231. The molecule has 7 nitrogen and oxygen atoms in total. The molecule has 0 aliphatic rings. The topological polar surface area (TPSA) is 68.3 Å². The number of fused-ring (bicyclic) bond motifs is 1. The van der Waals surface area contributed by atoms with E-state index < -0.39 is 0 Å². The summed E-state index contributed by atoms with van der Waals surface area (Å²) in [5.41, 5.74) is 1.75. The first-order valence-electron chi connectivity index (χ1n) is 6.28. The van der Waals surface area contributed by atoms with E-state index in [-0.39, 0.29) is 5.91 Å². The van der Waals surface area contributed by atoms with Gasteiger partial charge in [0.05, 0.1) is 23.5 Å². The van der Waals surface area contributed by atoms with Crippen molar-refractivity contribution < 1.29 is 4.79 Å². The predicted molar refractivity (Wildman–Crippen MR) is 77.0 cm³/mol. The fourth-order valence-corrected chi connectivity index (χ4v) is 2.27. The van der Waals surface area contributed by atoms with Crippen LogP contribution in [0.15, 0.2) is 30.7 Å². The number of halogens is 1. The van der Waals surface area contributed by atoms with Gasteiger partial charge in [-0.15, -0.1) is 0 Å². The van der Waals surface area contributed by atoms with E-state index in [0.29, 0.717) is 22.9 Å². The molecular formula is C13H13ClN6O. The van der Waals surface area contributed by atoms with Gasteiger partial charge in [0.15, 0.2) is 11.3 Å². The summed E-state index contributed by atoms with van der Waals surface area (Å²) in [4.78, 5) is 18.1. The molecule has 0 fully saturated rings. The first-order valence-corrected chi connectivity index (χ1v) is 6.66. The lowest BCUT2D eigenvalue weighted by molar-refractivity contribution is 0.0776. The van der Waals surface area contributed by atoms with Crippen molar-refractivity contribution in [1.29, 1.82) is 0 Å². The van der Waals surface area contributed by atoms with Crippen LogP contribution in [0.25, 0.3) is 5.65 Å². The molecule has 3 rings (SSSR count). The van der Waals surface area contributed by atoms with E-state index in [9.17, 15) is 4.79 Å². The Morgan fingerprint density at radius 3 is 2.95 bits per heavy atom. The molecule has 0 atom stereocenters. The van der Waals surface area contributed by atoms with Crippen LogP contribution in [0.5, 0.6) is 0 Å². The fourth-order valence-electron chi connectivity index (χ4n) is 2.04. The van der Waals surface area contributed by atoms with Gasteiger partial charge >= 0.3 is 0 Å². The van der Waals surface area contributed by atoms with Crippen molar-refractivity contribution in [3.05, 3.63) is 47.1 Å². The van der Waals surface area contributed by atoms with Crippen LogP contribution in [0, 0.1) is 0 Å². The zero-order valence-electron chi connectivity index (χ0n) is 11.6. The Morgan fingerprint density at radius 1 is 1.48 bits per heavy atom. The largest absolute Gasteiger partial charge is 0.334 e. The number of carbonyl (C=O) groups is 1. The molecule has 0 unspecified atom stereocenters. The third kappa shape index (κ3) is 2.47. The zero-order chi connectivity index (χ0) is 15.0. The number of hydrogen-bond donors (Lipinski definition) is 0. The molecule has 0 radical (unpaired) electrons. The van der Waals surface area contributed by atoms with Gasteiger partial charge < -0.3 is 4.90 Å². The van der Waals surface area contributed by atoms with Gasteiger partial charge in [0.25, 0.3) is 5.91 Å². The van der Waals surface area contributed by atoms with E-state index in [2.05, 4.69) is 15.2 Å². The summed E-state index contributed by atoms with van der Waals surface area (Å²) < 4.78 is 3.22. The predicted octanol–water partition coefficient (Wildman–Crippen LogP) is 1.39. The van der Waals surface area contributed by atoms with Gasteiger partial charge in [-0.2, -0.15) is 10.2 Å². The maximum absolute atomic E-state index is 12.4. The Morgan fingerprint density at radius 2 is 2.29 bits per heavy atom. The average Bonchev–Trinajstić information content (AvgIpc) is 3.04. The molecule has 3 heterocycles. The molecule has 0 saturated heterocycles. The van der Waals surface area contributed by atoms with Crippen LogP contribution in [0.3, 0.4) is 0 Å². The third-order valence-electron chi connectivity index (χ3n) is 3.20. The highest BCUT2D eigenvalue weighted by Crippen LogP contribution is 2.16. The number of aryl methyl sites for hydroxylation is 1. The lowest BCUT2D eigenvalue weighted by Crippen LogP contribution is -2.27. The molecular weight excluding hydrogens is 292 g/mol. The summed E-state index contributed by atoms with van der Waals surface area (Å²) in [7, 11) is 3.48. The quantitative estimate of drug-likeness (QED) is 0.733. The van der Waals surface area contributed by atoms with E-state index in [1.165, 1.54) is 0 Å². The van der Waals surface area contributed by atoms with Gasteiger partial charge in [-0.1, -0.05) is 11.6 Å². The van der Waals surface area contributed by atoms with Crippen molar-refractivity contribution in [3.63, 3.8) is 0 Å². The summed E-state index contributed by atoms with van der Waals surface area (Å²) in [6, 6.07) is 3.41. The van der Waals surface area contributed by atoms with E-state index in [4.69, 9.17) is 11.6 Å². The van der Waals surface area contributed by atoms with E-state index >= 15 is 0 Å². The minimum atomic E-state index is -0.197. The molecule has 0 aliphatic carbocycles. The summed E-state index contributed by atoms with van der Waals surface area (Å²) in [5.74, 6) is -0.197. The SMILES string of the molecule is CN(Cc1c(Cl)cnn1C)C(=O)c1cc2ncccn2n1. The summed E-state index contributed by atoms with van der Waals surface area (Å²) >= 11 is 6.05. The van der Waals surface area contributed by atoms with Gasteiger partial charge in [0.1, 0.15) is 0 Å². The monoisotopic (exact) mass is 304 g/mol. The van der Waals surface area contributed by atoms with Gasteiger partial charge in [0, 0.05) is 32.6 Å². The van der Waals surface area contributed by atoms with Crippen molar-refractivity contribution in [2.45, 2.75) is 6.54 Å². The number of carbonyl (C=O) groups excluding carboxylic acids is 1. The van der Waals surface area contributed by atoms with Gasteiger partial charge in [-0.05, 0) is 6.07 Å². The molecule has 8 heteroatoms. The maximum Gasteiger partial charge on any atom is 0.274 e. The molecule has 1 amide bonds. The van der Waals surface area contributed by atoms with Crippen LogP contribution >= 0.6 is 11.6 Å². The second kappa shape index (κ2) is 5.17. The van der Waals surface area contributed by atoms with Crippen LogP contribution in [-0.2, 0) is 13.6 Å². The second-order valence-corrected chi connectivity index (χ2v) is 5.08. The molecule has 108 valence electrons. The van der Waals surface area contributed by atoms with Crippen LogP contribution < -0.4 is 0 Å². The Balaban J connectivity index is 1.84. The summed E-state index contributed by atoms with van der Waals surface area (Å²) in [6.45, 7) is 0.357. The molecule has 3 aromatic rings. The van der Waals surface area contributed by atoms with E-state index in [1.807, 2.05) is 0 Å². The lowest BCUT2D eigenvalue weighted by atomic mass is 10.3. The highest BCUT2D eigenvalue weighted by atomic mass is 35.5. The number of rotatable bonds is 3. The van der Waals surface area contributed by atoms with E-state index in [0.717, 1.165) is 5.69 Å². The van der Waals surface area contributed by atoms with Gasteiger partial charge in [0.2, 0.25) is 0 Å². The molecule has 3 aromatic heterocycles. The molecule has 0 N–H and O–H groups in total. The Labute approximate surface area is 125 Å². The number of aromatic nitrogens is 5. The number of nitrogens with zero attached hydrogens (tertiary/aromatic N) is 6. The third-order valence-corrected chi connectivity index (χ3v) is 3.52. The Bertz CT molecular complexity index is 755. The first-order chi connectivity index (χ1) is 10.1. The van der Waals surface area contributed by atoms with Crippen molar-refractivity contribution in [1.82, 2.24) is 29.3 Å². The highest BCUT2D eigenvalue weighted by Gasteiger charge is 2.18. The maximum atomic E-state index is 12.4. The Kier molecular flexibility index (Phi) is 3.34.